The summed E-state index contributed by atoms with van der Waals surface area (Å²) in [5, 5.41) is 17.0. The lowest BCUT2D eigenvalue weighted by Gasteiger charge is -2.06. The Bertz CT molecular complexity index is 816. The molecule has 3 aromatic rings. The number of fused-ring (bicyclic) bond motifs is 1. The molecule has 0 atom stereocenters. The molecule has 1 N–H and O–H groups in total. The molecule has 3 rings (SSSR count). The predicted molar refractivity (Wildman–Crippen MR) is 82.2 cm³/mol. The van der Waals surface area contributed by atoms with Gasteiger partial charge in [0.25, 0.3) is 0 Å². The molecular weight excluding hydrogens is 291 g/mol. The van der Waals surface area contributed by atoms with Crippen LogP contribution in [0.25, 0.3) is 10.1 Å². The van der Waals surface area contributed by atoms with Crippen LogP contribution in [0.2, 0.25) is 0 Å². The lowest BCUT2D eigenvalue weighted by Crippen LogP contribution is -2.00. The molecule has 0 amide bonds. The minimum absolute atomic E-state index is 0.518. The van der Waals surface area contributed by atoms with Crippen molar-refractivity contribution in [2.75, 3.05) is 5.32 Å². The highest BCUT2D eigenvalue weighted by atomic mass is 32.1. The number of benzene rings is 2. The van der Waals surface area contributed by atoms with Crippen LogP contribution in [0, 0.1) is 15.9 Å². The van der Waals surface area contributed by atoms with E-state index in [1.54, 1.807) is 11.3 Å². The maximum atomic E-state index is 13.3. The van der Waals surface area contributed by atoms with Gasteiger partial charge in [0, 0.05) is 23.0 Å². The molecule has 2 aromatic carbocycles. The molecule has 0 aliphatic carbocycles. The van der Waals surface area contributed by atoms with E-state index in [9.17, 15) is 14.5 Å². The summed E-state index contributed by atoms with van der Waals surface area (Å²) in [5.74, 6) is -0.827. The van der Waals surface area contributed by atoms with Crippen LogP contribution in [0.4, 0.5) is 15.8 Å². The zero-order chi connectivity index (χ0) is 14.8. The molecular formula is C15H11FN2O2S. The summed E-state index contributed by atoms with van der Waals surface area (Å²) in [5.41, 5.74) is 1.12. The smallest absolute Gasteiger partial charge is 0.306 e. The highest BCUT2D eigenvalue weighted by Crippen LogP contribution is 2.27. The van der Waals surface area contributed by atoms with E-state index < -0.39 is 16.4 Å². The van der Waals surface area contributed by atoms with Crippen LogP contribution in [-0.4, -0.2) is 4.92 Å². The largest absolute Gasteiger partial charge is 0.381 e. The van der Waals surface area contributed by atoms with Crippen molar-refractivity contribution >= 4 is 32.8 Å². The third kappa shape index (κ3) is 2.71. The average Bonchev–Trinajstić information content (AvgIpc) is 2.89. The summed E-state index contributed by atoms with van der Waals surface area (Å²) in [6.45, 7) is 0.535. The number of nitro benzene ring substituents is 1. The summed E-state index contributed by atoms with van der Waals surface area (Å²) in [6.07, 6.45) is 0. The Kier molecular flexibility index (Phi) is 3.53. The van der Waals surface area contributed by atoms with Gasteiger partial charge in [-0.3, -0.25) is 10.1 Å². The fraction of sp³-hybridized carbons (Fsp3) is 0.0667. The molecule has 106 valence electrons. The maximum absolute atomic E-state index is 13.3. The highest BCUT2D eigenvalue weighted by Gasteiger charge is 2.14. The van der Waals surface area contributed by atoms with Gasteiger partial charge in [-0.15, -0.1) is 11.3 Å². The number of nitrogens with one attached hydrogen (secondary N) is 1. The molecule has 1 heterocycles. The lowest BCUT2D eigenvalue weighted by molar-refractivity contribution is -0.387. The van der Waals surface area contributed by atoms with Crippen molar-refractivity contribution in [3.05, 3.63) is 69.3 Å². The van der Waals surface area contributed by atoms with Crippen LogP contribution < -0.4 is 5.32 Å². The minimum atomic E-state index is -0.827. The Morgan fingerprint density at radius 3 is 2.86 bits per heavy atom. The third-order valence-corrected chi connectivity index (χ3v) is 4.20. The summed E-state index contributed by atoms with van der Waals surface area (Å²) in [7, 11) is 0. The Balaban J connectivity index is 1.82. The van der Waals surface area contributed by atoms with E-state index in [0.717, 1.165) is 17.0 Å². The normalized spacial score (nSPS) is 10.7. The second-order valence-electron chi connectivity index (χ2n) is 4.53. The minimum Gasteiger partial charge on any atom is -0.381 e. The Hall–Kier alpha value is -2.47. The second-order valence-corrected chi connectivity index (χ2v) is 5.45. The Labute approximate surface area is 124 Å². The fourth-order valence-electron chi connectivity index (χ4n) is 2.13. The predicted octanol–water partition coefficient (Wildman–Crippen LogP) is 4.56. The first-order chi connectivity index (χ1) is 10.1. The molecule has 0 fully saturated rings. The lowest BCUT2D eigenvalue weighted by atomic mass is 10.2. The van der Waals surface area contributed by atoms with Crippen molar-refractivity contribution < 1.29 is 9.31 Å². The molecule has 0 spiro atoms. The van der Waals surface area contributed by atoms with Gasteiger partial charge in [-0.1, -0.05) is 18.2 Å². The van der Waals surface area contributed by atoms with E-state index >= 15 is 0 Å². The molecule has 0 saturated carbocycles. The quantitative estimate of drug-likeness (QED) is 0.567. The van der Waals surface area contributed by atoms with Gasteiger partial charge in [0.05, 0.1) is 4.92 Å². The summed E-state index contributed by atoms with van der Waals surface area (Å²) in [4.78, 5) is 10.00. The van der Waals surface area contributed by atoms with Crippen molar-refractivity contribution in [3.63, 3.8) is 0 Å². The number of hydrogen-bond donors (Lipinski definition) is 1. The number of thiophene rings is 1. The van der Waals surface area contributed by atoms with Crippen LogP contribution in [-0.2, 0) is 6.54 Å². The second kappa shape index (κ2) is 5.49. The van der Waals surface area contributed by atoms with Crippen molar-refractivity contribution in [1.29, 1.82) is 0 Å². The van der Waals surface area contributed by atoms with Gasteiger partial charge in [-0.2, -0.15) is 4.39 Å². The first-order valence-corrected chi connectivity index (χ1v) is 7.16. The van der Waals surface area contributed by atoms with Crippen LogP contribution >= 0.6 is 11.3 Å². The van der Waals surface area contributed by atoms with E-state index in [-0.39, 0.29) is 0 Å². The van der Waals surface area contributed by atoms with E-state index in [0.29, 0.717) is 12.2 Å². The highest BCUT2D eigenvalue weighted by molar-refractivity contribution is 7.17. The first-order valence-electron chi connectivity index (χ1n) is 6.28. The van der Waals surface area contributed by atoms with Crippen LogP contribution in [0.3, 0.4) is 0 Å². The van der Waals surface area contributed by atoms with Gasteiger partial charge >= 0.3 is 5.69 Å². The Morgan fingerprint density at radius 2 is 2.05 bits per heavy atom. The van der Waals surface area contributed by atoms with Crippen molar-refractivity contribution in [2.45, 2.75) is 6.54 Å². The van der Waals surface area contributed by atoms with Gasteiger partial charge in [-0.25, -0.2) is 0 Å². The van der Waals surface area contributed by atoms with Gasteiger partial charge in [0.1, 0.15) is 0 Å². The molecule has 0 radical (unpaired) electrons. The topological polar surface area (TPSA) is 55.2 Å². The summed E-state index contributed by atoms with van der Waals surface area (Å²) < 4.78 is 14.5. The maximum Gasteiger partial charge on any atom is 0.306 e. The van der Waals surface area contributed by atoms with Crippen LogP contribution in [0.15, 0.2) is 47.8 Å². The fourth-order valence-corrected chi connectivity index (χ4v) is 3.09. The molecule has 0 saturated heterocycles. The van der Waals surface area contributed by atoms with Crippen LogP contribution in [0.1, 0.15) is 5.56 Å². The van der Waals surface area contributed by atoms with Gasteiger partial charge in [0.2, 0.25) is 5.82 Å². The number of halogens is 1. The van der Waals surface area contributed by atoms with Gasteiger partial charge < -0.3 is 5.32 Å². The number of hydrogen-bond acceptors (Lipinski definition) is 4. The number of nitrogens with zero attached hydrogens (tertiary/aromatic N) is 1. The first kappa shape index (κ1) is 13.5. The van der Waals surface area contributed by atoms with Crippen LogP contribution in [0.5, 0.6) is 0 Å². The van der Waals surface area contributed by atoms with Crippen molar-refractivity contribution in [2.24, 2.45) is 0 Å². The van der Waals surface area contributed by atoms with Gasteiger partial charge in [0.15, 0.2) is 0 Å². The van der Waals surface area contributed by atoms with E-state index in [2.05, 4.69) is 10.7 Å². The van der Waals surface area contributed by atoms with Crippen molar-refractivity contribution in [3.8, 4) is 0 Å². The molecule has 0 unspecified atom stereocenters. The molecule has 0 bridgehead atoms. The zero-order valence-corrected chi connectivity index (χ0v) is 11.7. The zero-order valence-electron chi connectivity index (χ0n) is 10.9. The third-order valence-electron chi connectivity index (χ3n) is 3.19. The molecule has 4 nitrogen and oxygen atoms in total. The Morgan fingerprint density at radius 1 is 1.24 bits per heavy atom. The molecule has 1 aromatic heterocycles. The molecule has 0 aliphatic rings. The molecule has 0 aliphatic heterocycles. The summed E-state index contributed by atoms with van der Waals surface area (Å²) >= 11 is 1.65. The number of nitro groups is 1. The number of rotatable bonds is 4. The number of anilines is 1. The van der Waals surface area contributed by atoms with E-state index in [1.165, 1.54) is 16.8 Å². The van der Waals surface area contributed by atoms with E-state index in [1.807, 2.05) is 24.3 Å². The standard InChI is InChI=1S/C15H11FN2O2S/c16-13-6-5-11(7-14(13)18(19)20)17-8-10-9-21-15-4-2-1-3-12(10)15/h1-7,9,17H,8H2. The monoisotopic (exact) mass is 302 g/mol. The van der Waals surface area contributed by atoms with Crippen molar-refractivity contribution in [1.82, 2.24) is 0 Å². The molecule has 21 heavy (non-hydrogen) atoms. The van der Waals surface area contributed by atoms with E-state index in [4.69, 9.17) is 0 Å². The molecule has 6 heteroatoms. The SMILES string of the molecule is O=[N+]([O-])c1cc(NCc2csc3ccccc23)ccc1F. The summed E-state index contributed by atoms with van der Waals surface area (Å²) in [6, 6.07) is 11.9. The van der Waals surface area contributed by atoms with Gasteiger partial charge in [-0.05, 0) is 34.5 Å². The average molecular weight is 302 g/mol.